The Morgan fingerprint density at radius 3 is 2.68 bits per heavy atom. The molecule has 2 aliphatic rings. The van der Waals surface area contributed by atoms with Gasteiger partial charge in [-0.2, -0.15) is 0 Å². The van der Waals surface area contributed by atoms with Crippen molar-refractivity contribution in [2.45, 2.75) is 19.4 Å². The Kier molecular flexibility index (Phi) is 3.26. The number of piperidine rings is 1. The van der Waals surface area contributed by atoms with Crippen LogP contribution in [0.4, 0.5) is 0 Å². The maximum atomic E-state index is 12.4. The Balaban J connectivity index is 1.46. The van der Waals surface area contributed by atoms with Crippen LogP contribution in [0.25, 0.3) is 11.3 Å². The van der Waals surface area contributed by atoms with E-state index in [0.717, 1.165) is 24.4 Å². The molecule has 1 unspecified atom stereocenters. The number of hydrogen-bond donors (Lipinski definition) is 1. The lowest BCUT2D eigenvalue weighted by Crippen LogP contribution is -2.43. The number of aryl methyl sites for hydroxylation is 1. The third kappa shape index (κ3) is 2.44. The van der Waals surface area contributed by atoms with Crippen molar-refractivity contribution in [2.24, 2.45) is 5.92 Å². The monoisotopic (exact) mass is 296 g/mol. The highest BCUT2D eigenvalue weighted by atomic mass is 16.3. The maximum Gasteiger partial charge on any atom is 0.287 e. The number of rotatable bonds is 3. The molecule has 1 N–H and O–H groups in total. The smallest absolute Gasteiger partial charge is 0.287 e. The van der Waals surface area contributed by atoms with Crippen molar-refractivity contribution in [3.63, 3.8) is 0 Å². The van der Waals surface area contributed by atoms with Crippen molar-refractivity contribution < 1.29 is 9.21 Å². The van der Waals surface area contributed by atoms with Gasteiger partial charge < -0.3 is 14.6 Å². The Morgan fingerprint density at radius 1 is 1.18 bits per heavy atom. The second kappa shape index (κ2) is 5.29. The summed E-state index contributed by atoms with van der Waals surface area (Å²) < 4.78 is 5.74. The molecule has 1 amide bonds. The first-order valence-electron chi connectivity index (χ1n) is 7.89. The van der Waals surface area contributed by atoms with Crippen LogP contribution in [0.5, 0.6) is 0 Å². The van der Waals surface area contributed by atoms with Gasteiger partial charge in [0.2, 0.25) is 0 Å². The Morgan fingerprint density at radius 2 is 2.00 bits per heavy atom. The van der Waals surface area contributed by atoms with Crippen LogP contribution in [0.15, 0.2) is 40.8 Å². The zero-order valence-electron chi connectivity index (χ0n) is 12.7. The summed E-state index contributed by atoms with van der Waals surface area (Å²) in [6, 6.07) is 12.0. The molecule has 4 heteroatoms. The van der Waals surface area contributed by atoms with E-state index >= 15 is 0 Å². The van der Waals surface area contributed by atoms with Gasteiger partial charge in [0.15, 0.2) is 5.76 Å². The van der Waals surface area contributed by atoms with Crippen molar-refractivity contribution in [1.29, 1.82) is 0 Å². The molecule has 2 bridgehead atoms. The fourth-order valence-electron chi connectivity index (χ4n) is 3.52. The van der Waals surface area contributed by atoms with E-state index in [1.54, 1.807) is 6.07 Å². The molecule has 0 saturated carbocycles. The molecule has 2 fully saturated rings. The first kappa shape index (κ1) is 13.6. The van der Waals surface area contributed by atoms with Crippen LogP contribution >= 0.6 is 0 Å². The molecule has 0 radical (unpaired) electrons. The van der Waals surface area contributed by atoms with E-state index in [0.29, 0.717) is 11.7 Å². The minimum absolute atomic E-state index is 0.0999. The molecule has 2 saturated heterocycles. The normalized spacial score (nSPS) is 26.3. The molecule has 4 nitrogen and oxygen atoms in total. The summed E-state index contributed by atoms with van der Waals surface area (Å²) in [5.41, 5.74) is 2.20. The molecule has 0 aliphatic carbocycles. The highest BCUT2D eigenvalue weighted by Gasteiger charge is 2.38. The summed E-state index contributed by atoms with van der Waals surface area (Å²) in [4.78, 5) is 14.8. The van der Waals surface area contributed by atoms with E-state index < -0.39 is 0 Å². The zero-order chi connectivity index (χ0) is 15.1. The number of nitrogens with zero attached hydrogens (tertiary/aromatic N) is 1. The van der Waals surface area contributed by atoms with Crippen molar-refractivity contribution in [3.05, 3.63) is 47.7 Å². The number of benzene rings is 1. The number of carbonyl (C=O) groups is 1. The van der Waals surface area contributed by atoms with E-state index in [-0.39, 0.29) is 11.9 Å². The van der Waals surface area contributed by atoms with Crippen LogP contribution in [0.2, 0.25) is 0 Å². The summed E-state index contributed by atoms with van der Waals surface area (Å²) in [7, 11) is 0. The highest BCUT2D eigenvalue weighted by Crippen LogP contribution is 2.28. The largest absolute Gasteiger partial charge is 0.451 e. The molecule has 2 aromatic rings. The lowest BCUT2D eigenvalue weighted by molar-refractivity contribution is 0.0897. The highest BCUT2D eigenvalue weighted by molar-refractivity contribution is 5.92. The molecular formula is C18H20N2O2. The van der Waals surface area contributed by atoms with Gasteiger partial charge in [0.25, 0.3) is 5.91 Å². The van der Waals surface area contributed by atoms with Crippen molar-refractivity contribution in [1.82, 2.24) is 10.2 Å². The summed E-state index contributed by atoms with van der Waals surface area (Å²) in [6.07, 6.45) is 1.19. The minimum Gasteiger partial charge on any atom is -0.451 e. The average Bonchev–Trinajstić information content (AvgIpc) is 3.24. The standard InChI is InChI=1S/C18H20N2O2/c1-12-2-4-13(5-3-12)16-6-7-17(22-16)18(21)19-15-11-20-9-8-14(15)10-20/h2-7,14-15H,8-11H2,1H3,(H,19,21)/t14-,15-/m0/s1. The fraction of sp³-hybridized carbons (Fsp3) is 0.389. The van der Waals surface area contributed by atoms with E-state index in [1.807, 2.05) is 30.3 Å². The van der Waals surface area contributed by atoms with Crippen LogP contribution in [0, 0.1) is 12.8 Å². The van der Waals surface area contributed by atoms with Crippen LogP contribution in [-0.4, -0.2) is 36.5 Å². The first-order chi connectivity index (χ1) is 10.7. The third-order valence-electron chi connectivity index (χ3n) is 4.82. The number of amides is 1. The van der Waals surface area contributed by atoms with Crippen LogP contribution < -0.4 is 5.32 Å². The number of hydrogen-bond acceptors (Lipinski definition) is 3. The zero-order valence-corrected chi connectivity index (χ0v) is 12.7. The minimum atomic E-state index is -0.0999. The van der Waals surface area contributed by atoms with Gasteiger partial charge in [0.05, 0.1) is 0 Å². The van der Waals surface area contributed by atoms with Gasteiger partial charge >= 0.3 is 0 Å². The van der Waals surface area contributed by atoms with Crippen LogP contribution in [-0.2, 0) is 0 Å². The number of nitrogens with one attached hydrogen (secondary N) is 1. The van der Waals surface area contributed by atoms with Gasteiger partial charge in [0, 0.05) is 24.7 Å². The first-order valence-corrected chi connectivity index (χ1v) is 7.89. The summed E-state index contributed by atoms with van der Waals surface area (Å²) in [5.74, 6) is 1.64. The quantitative estimate of drug-likeness (QED) is 0.947. The number of fused-ring (bicyclic) bond motifs is 2. The topological polar surface area (TPSA) is 45.5 Å². The predicted molar refractivity (Wildman–Crippen MR) is 84.7 cm³/mol. The molecule has 2 aliphatic heterocycles. The van der Waals surface area contributed by atoms with Crippen molar-refractivity contribution in [2.75, 3.05) is 19.6 Å². The lowest BCUT2D eigenvalue weighted by Gasteiger charge is -2.22. The fourth-order valence-corrected chi connectivity index (χ4v) is 3.52. The molecule has 22 heavy (non-hydrogen) atoms. The number of carbonyl (C=O) groups excluding carboxylic acids is 1. The molecule has 4 rings (SSSR count). The molecule has 114 valence electrons. The molecule has 0 spiro atoms. The second-order valence-corrected chi connectivity index (χ2v) is 6.42. The van der Waals surface area contributed by atoms with Gasteiger partial charge in [-0.05, 0) is 37.9 Å². The second-order valence-electron chi connectivity index (χ2n) is 6.42. The average molecular weight is 296 g/mol. The van der Waals surface area contributed by atoms with Crippen LogP contribution in [0.1, 0.15) is 22.5 Å². The van der Waals surface area contributed by atoms with Crippen LogP contribution in [0.3, 0.4) is 0 Å². The van der Waals surface area contributed by atoms with Gasteiger partial charge in [-0.15, -0.1) is 0 Å². The summed E-state index contributed by atoms with van der Waals surface area (Å²) >= 11 is 0. The number of furan rings is 1. The van der Waals surface area contributed by atoms with Gasteiger partial charge in [-0.1, -0.05) is 29.8 Å². The molecule has 3 heterocycles. The molecule has 3 atom stereocenters. The Bertz CT molecular complexity index is 689. The molecule has 1 aromatic carbocycles. The molecule has 1 aromatic heterocycles. The van der Waals surface area contributed by atoms with E-state index in [4.69, 9.17) is 4.42 Å². The van der Waals surface area contributed by atoms with Gasteiger partial charge in [0.1, 0.15) is 5.76 Å². The van der Waals surface area contributed by atoms with Gasteiger partial charge in [-0.25, -0.2) is 0 Å². The van der Waals surface area contributed by atoms with Crippen molar-refractivity contribution in [3.8, 4) is 11.3 Å². The van der Waals surface area contributed by atoms with Gasteiger partial charge in [-0.3, -0.25) is 4.79 Å². The summed E-state index contributed by atoms with van der Waals surface area (Å²) in [6.45, 7) is 5.32. The maximum absolute atomic E-state index is 12.4. The lowest BCUT2D eigenvalue weighted by atomic mass is 10.00. The van der Waals surface area contributed by atoms with E-state index in [9.17, 15) is 4.79 Å². The van der Waals surface area contributed by atoms with Crippen molar-refractivity contribution >= 4 is 5.91 Å². The Labute approximate surface area is 130 Å². The Hall–Kier alpha value is -2.07. The predicted octanol–water partition coefficient (Wildman–Crippen LogP) is 2.69. The van der Waals surface area contributed by atoms with E-state index in [2.05, 4.69) is 17.1 Å². The summed E-state index contributed by atoms with van der Waals surface area (Å²) in [5, 5.41) is 3.13. The third-order valence-corrected chi connectivity index (χ3v) is 4.82. The molecular weight excluding hydrogens is 276 g/mol. The SMILES string of the molecule is Cc1ccc(-c2ccc(C(=O)N[C@H]3CN4CC[C@H]3C4)o2)cc1. The van der Waals surface area contributed by atoms with E-state index in [1.165, 1.54) is 18.5 Å².